The predicted molar refractivity (Wildman–Crippen MR) is 87.1 cm³/mol. The second-order valence-electron chi connectivity index (χ2n) is 5.33. The summed E-state index contributed by atoms with van der Waals surface area (Å²) in [5.74, 6) is 1.24. The summed E-state index contributed by atoms with van der Waals surface area (Å²) in [6.07, 6.45) is 5.32. The second-order valence-corrected chi connectivity index (χ2v) is 6.20. The van der Waals surface area contributed by atoms with Crippen LogP contribution in [0.25, 0.3) is 11.4 Å². The van der Waals surface area contributed by atoms with Gasteiger partial charge < -0.3 is 9.42 Å². The number of rotatable bonds is 4. The summed E-state index contributed by atoms with van der Waals surface area (Å²) in [7, 11) is 0. The molecular weight excluding hydrogens is 312 g/mol. The lowest BCUT2D eigenvalue weighted by atomic mass is 10.3. The third-order valence-corrected chi connectivity index (χ3v) is 4.64. The molecule has 0 N–H and O–H groups in total. The first-order valence-corrected chi connectivity index (χ1v) is 8.36. The summed E-state index contributed by atoms with van der Waals surface area (Å²) in [6, 6.07) is 3.79. The minimum absolute atomic E-state index is 0.592. The van der Waals surface area contributed by atoms with Gasteiger partial charge in [-0.05, 0) is 12.1 Å². The Bertz CT molecular complexity index is 736. The molecule has 23 heavy (non-hydrogen) atoms. The Labute approximate surface area is 137 Å². The van der Waals surface area contributed by atoms with E-state index in [0.717, 1.165) is 36.9 Å². The van der Waals surface area contributed by atoms with Gasteiger partial charge in [-0.15, -0.1) is 11.3 Å². The lowest BCUT2D eigenvalue weighted by molar-refractivity contribution is 0.215. The van der Waals surface area contributed by atoms with Gasteiger partial charge in [0.25, 0.3) is 0 Å². The van der Waals surface area contributed by atoms with Gasteiger partial charge in [-0.2, -0.15) is 4.98 Å². The molecule has 118 valence electrons. The van der Waals surface area contributed by atoms with E-state index in [1.54, 1.807) is 23.7 Å². The van der Waals surface area contributed by atoms with Gasteiger partial charge in [0.05, 0.1) is 6.54 Å². The van der Waals surface area contributed by atoms with Crippen LogP contribution in [0.5, 0.6) is 0 Å². The van der Waals surface area contributed by atoms with Crippen molar-refractivity contribution < 1.29 is 4.52 Å². The third kappa shape index (κ3) is 3.22. The Kier molecular flexibility index (Phi) is 3.99. The van der Waals surface area contributed by atoms with Crippen molar-refractivity contribution in [3.63, 3.8) is 0 Å². The van der Waals surface area contributed by atoms with Gasteiger partial charge in [0, 0.05) is 55.7 Å². The zero-order valence-corrected chi connectivity index (χ0v) is 13.3. The first-order valence-electron chi connectivity index (χ1n) is 7.48. The SMILES string of the molecule is c1cncc(-c2noc(CN3CCN(c4nccs4)CC3)n2)c1. The van der Waals surface area contributed by atoms with E-state index in [0.29, 0.717) is 18.3 Å². The molecule has 0 amide bonds. The lowest BCUT2D eigenvalue weighted by Crippen LogP contribution is -2.46. The lowest BCUT2D eigenvalue weighted by Gasteiger charge is -2.33. The van der Waals surface area contributed by atoms with Crippen LogP contribution in [0.3, 0.4) is 0 Å². The van der Waals surface area contributed by atoms with E-state index in [1.165, 1.54) is 0 Å². The molecule has 1 saturated heterocycles. The molecule has 0 radical (unpaired) electrons. The molecule has 0 aromatic carbocycles. The minimum Gasteiger partial charge on any atom is -0.346 e. The van der Waals surface area contributed by atoms with Crippen LogP contribution in [-0.2, 0) is 6.54 Å². The van der Waals surface area contributed by atoms with Gasteiger partial charge in [0.1, 0.15) is 0 Å². The smallest absolute Gasteiger partial charge is 0.241 e. The van der Waals surface area contributed by atoms with Crippen molar-refractivity contribution in [1.29, 1.82) is 0 Å². The van der Waals surface area contributed by atoms with Crippen molar-refractivity contribution >= 4 is 16.5 Å². The van der Waals surface area contributed by atoms with Gasteiger partial charge in [-0.1, -0.05) is 5.16 Å². The van der Waals surface area contributed by atoms with Crippen LogP contribution in [0.2, 0.25) is 0 Å². The number of pyridine rings is 1. The van der Waals surface area contributed by atoms with Crippen molar-refractivity contribution in [1.82, 2.24) is 25.0 Å². The van der Waals surface area contributed by atoms with Crippen LogP contribution in [0, 0.1) is 0 Å². The first-order chi connectivity index (χ1) is 11.4. The number of nitrogens with zero attached hydrogens (tertiary/aromatic N) is 6. The van der Waals surface area contributed by atoms with E-state index in [-0.39, 0.29) is 0 Å². The molecule has 3 aromatic heterocycles. The van der Waals surface area contributed by atoms with Gasteiger partial charge >= 0.3 is 0 Å². The topological polar surface area (TPSA) is 71.2 Å². The summed E-state index contributed by atoms with van der Waals surface area (Å²) in [6.45, 7) is 4.54. The summed E-state index contributed by atoms with van der Waals surface area (Å²) in [5, 5.41) is 7.15. The van der Waals surface area contributed by atoms with Crippen molar-refractivity contribution in [2.24, 2.45) is 0 Å². The fourth-order valence-electron chi connectivity index (χ4n) is 2.59. The van der Waals surface area contributed by atoms with E-state index in [2.05, 4.69) is 29.9 Å². The number of thiazole rings is 1. The highest BCUT2D eigenvalue weighted by molar-refractivity contribution is 7.13. The largest absolute Gasteiger partial charge is 0.346 e. The Balaban J connectivity index is 1.36. The van der Waals surface area contributed by atoms with Crippen LogP contribution >= 0.6 is 11.3 Å². The normalized spacial score (nSPS) is 15.9. The number of hydrogen-bond acceptors (Lipinski definition) is 8. The van der Waals surface area contributed by atoms with E-state index in [1.807, 2.05) is 23.7 Å². The van der Waals surface area contributed by atoms with Crippen LogP contribution in [0.15, 0.2) is 40.6 Å². The molecule has 4 rings (SSSR count). The number of aromatic nitrogens is 4. The van der Waals surface area contributed by atoms with Gasteiger partial charge in [0.2, 0.25) is 11.7 Å². The maximum atomic E-state index is 5.37. The Morgan fingerprint density at radius 3 is 2.83 bits per heavy atom. The molecule has 4 heterocycles. The van der Waals surface area contributed by atoms with Crippen molar-refractivity contribution in [3.05, 3.63) is 42.0 Å². The molecule has 0 unspecified atom stereocenters. The van der Waals surface area contributed by atoms with Crippen LogP contribution < -0.4 is 4.90 Å². The average molecular weight is 328 g/mol. The first kappa shape index (κ1) is 14.3. The number of anilines is 1. The van der Waals surface area contributed by atoms with E-state index < -0.39 is 0 Å². The van der Waals surface area contributed by atoms with E-state index in [4.69, 9.17) is 4.52 Å². The number of piperazine rings is 1. The maximum absolute atomic E-state index is 5.37. The second kappa shape index (κ2) is 6.43. The molecule has 3 aromatic rings. The summed E-state index contributed by atoms with van der Waals surface area (Å²) >= 11 is 1.69. The van der Waals surface area contributed by atoms with Crippen molar-refractivity contribution in [3.8, 4) is 11.4 Å². The van der Waals surface area contributed by atoms with Gasteiger partial charge in [-0.25, -0.2) is 4.98 Å². The minimum atomic E-state index is 0.592. The molecule has 0 saturated carbocycles. The predicted octanol–water partition coefficient (Wildman–Crippen LogP) is 1.91. The van der Waals surface area contributed by atoms with Crippen molar-refractivity contribution in [2.75, 3.05) is 31.1 Å². The molecule has 1 aliphatic heterocycles. The fraction of sp³-hybridized carbons (Fsp3) is 0.333. The fourth-order valence-corrected chi connectivity index (χ4v) is 3.29. The molecular formula is C15H16N6OS. The maximum Gasteiger partial charge on any atom is 0.241 e. The Morgan fingerprint density at radius 2 is 2.09 bits per heavy atom. The average Bonchev–Trinajstić information content (AvgIpc) is 3.28. The summed E-state index contributed by atoms with van der Waals surface area (Å²) in [5.41, 5.74) is 0.871. The van der Waals surface area contributed by atoms with Crippen molar-refractivity contribution in [2.45, 2.75) is 6.54 Å². The molecule has 1 aliphatic rings. The zero-order chi connectivity index (χ0) is 15.5. The highest BCUT2D eigenvalue weighted by Gasteiger charge is 2.20. The molecule has 8 heteroatoms. The monoisotopic (exact) mass is 328 g/mol. The molecule has 1 fully saturated rings. The molecule has 0 bridgehead atoms. The number of hydrogen-bond donors (Lipinski definition) is 0. The highest BCUT2D eigenvalue weighted by atomic mass is 32.1. The third-order valence-electron chi connectivity index (χ3n) is 3.81. The standard InChI is InChI=1S/C15H16N6OS/c1-2-12(10-16-3-1)14-18-13(22-19-14)11-20-5-7-21(8-6-20)15-17-4-9-23-15/h1-4,9-10H,5-8,11H2. The van der Waals surface area contributed by atoms with E-state index >= 15 is 0 Å². The van der Waals surface area contributed by atoms with E-state index in [9.17, 15) is 0 Å². The highest BCUT2D eigenvalue weighted by Crippen LogP contribution is 2.20. The summed E-state index contributed by atoms with van der Waals surface area (Å²) in [4.78, 5) is 17.5. The van der Waals surface area contributed by atoms with Gasteiger partial charge in [-0.3, -0.25) is 9.88 Å². The van der Waals surface area contributed by atoms with Crippen LogP contribution in [-0.4, -0.2) is 51.2 Å². The van der Waals surface area contributed by atoms with Crippen LogP contribution in [0.4, 0.5) is 5.13 Å². The Hall–Kier alpha value is -2.32. The van der Waals surface area contributed by atoms with Crippen LogP contribution in [0.1, 0.15) is 5.89 Å². The van der Waals surface area contributed by atoms with Gasteiger partial charge in [0.15, 0.2) is 5.13 Å². The molecule has 0 aliphatic carbocycles. The quantitative estimate of drug-likeness (QED) is 0.724. The zero-order valence-electron chi connectivity index (χ0n) is 12.5. The summed E-state index contributed by atoms with van der Waals surface area (Å²) < 4.78 is 5.37. The molecule has 7 nitrogen and oxygen atoms in total. The molecule has 0 atom stereocenters. The Morgan fingerprint density at radius 1 is 1.17 bits per heavy atom. The molecule has 0 spiro atoms.